The summed E-state index contributed by atoms with van der Waals surface area (Å²) in [6.07, 6.45) is 15.1. The summed E-state index contributed by atoms with van der Waals surface area (Å²) in [4.78, 5) is 32.2. The molecule has 13 heteroatoms. The third-order valence-electron chi connectivity index (χ3n) is 13.9. The molecule has 2 fully saturated rings. The molecule has 0 amide bonds. The Morgan fingerprint density at radius 2 is 1.03 bits per heavy atom. The van der Waals surface area contributed by atoms with Gasteiger partial charge in [0.25, 0.3) is 0 Å². The SMILES string of the molecule is N#CC(C#N)=C1/C(=C/C2=Cc3sc4c(c3C23CCCCC3)C2(CCCCC2)c2c-4sc3cc(/C=C4/C(=O)c5cc(F)c(F)cc5C4=C(C#N)C#N)sc23)C(=O)c2cc(F)c(F)cc21. The van der Waals surface area contributed by atoms with Crippen LogP contribution >= 0.6 is 34.0 Å². The summed E-state index contributed by atoms with van der Waals surface area (Å²) in [5.74, 6) is -5.90. The molecule has 0 saturated heterocycles. The Kier molecular flexibility index (Phi) is 8.76. The maximum absolute atomic E-state index is 14.7. The van der Waals surface area contributed by atoms with Gasteiger partial charge < -0.3 is 0 Å². The van der Waals surface area contributed by atoms with Crippen molar-refractivity contribution in [3.8, 4) is 34.0 Å². The Labute approximate surface area is 369 Å². The molecule has 0 unspecified atom stereocenters. The van der Waals surface area contributed by atoms with E-state index in [1.807, 2.05) is 30.3 Å². The van der Waals surface area contributed by atoms with Gasteiger partial charge in [0.1, 0.15) is 35.4 Å². The standard InChI is InChI=1S/C50H28F4N4O2S3/c51-33-15-27-29(17-35(33)53)44(59)31(39(27)23(19-55)20-56)11-25-12-37-41(49(25)7-3-1-4-8-49)42-47(62-37)48-43(50(42)9-5-2-6-10-50)46-38(63-48)14-26(61-46)13-32-40(24(21-57)22-58)28-16-34(52)36(54)18-30(28)45(32)60/h11-18H,1-10H2/b31-11-,32-13+. The van der Waals surface area contributed by atoms with Crippen molar-refractivity contribution in [2.45, 2.75) is 75.0 Å². The molecule has 0 atom stereocenters. The van der Waals surface area contributed by atoms with Crippen LogP contribution in [0.2, 0.25) is 0 Å². The predicted molar refractivity (Wildman–Crippen MR) is 233 cm³/mol. The largest absolute Gasteiger partial charge is 0.289 e. The molecular weight excluding hydrogens is 861 g/mol. The van der Waals surface area contributed by atoms with E-state index in [0.717, 1.165) is 108 Å². The first-order valence-electron chi connectivity index (χ1n) is 20.6. The van der Waals surface area contributed by atoms with E-state index < -0.39 is 40.3 Å². The highest BCUT2D eigenvalue weighted by Crippen LogP contribution is 2.69. The van der Waals surface area contributed by atoms with Gasteiger partial charge in [-0.1, -0.05) is 38.5 Å². The summed E-state index contributed by atoms with van der Waals surface area (Å²) in [6.45, 7) is 0. The minimum Gasteiger partial charge on any atom is -0.289 e. The van der Waals surface area contributed by atoms with Crippen molar-refractivity contribution < 1.29 is 27.2 Å². The van der Waals surface area contributed by atoms with E-state index in [2.05, 4.69) is 6.08 Å². The molecule has 11 rings (SSSR count). The molecule has 5 aromatic rings. The average molecular weight is 889 g/mol. The van der Waals surface area contributed by atoms with Crippen LogP contribution in [0.4, 0.5) is 17.6 Å². The number of Topliss-reactive ketones (excluding diaryl/α,β-unsaturated/α-hetero) is 2. The molecule has 2 saturated carbocycles. The number of nitriles is 4. The number of carbonyl (C=O) groups excluding carboxylic acids is 2. The molecule has 6 aliphatic rings. The molecule has 2 aromatic carbocycles. The number of ketones is 2. The van der Waals surface area contributed by atoms with Crippen molar-refractivity contribution in [3.63, 3.8) is 0 Å². The number of carbonyl (C=O) groups is 2. The molecule has 0 radical (unpaired) electrons. The smallest absolute Gasteiger partial charge is 0.194 e. The fourth-order valence-corrected chi connectivity index (χ4v) is 15.7. The number of allylic oxidation sites excluding steroid dienone is 8. The van der Waals surface area contributed by atoms with Crippen LogP contribution < -0.4 is 0 Å². The van der Waals surface area contributed by atoms with E-state index in [-0.39, 0.29) is 61.1 Å². The Bertz CT molecular complexity index is 3350. The maximum atomic E-state index is 14.7. The van der Waals surface area contributed by atoms with Crippen LogP contribution in [0.25, 0.3) is 42.5 Å². The Hall–Kier alpha value is -6.48. The fraction of sp³-hybridized carbons (Fsp3) is 0.240. The molecule has 2 spiro atoms. The van der Waals surface area contributed by atoms with Gasteiger partial charge in [0.15, 0.2) is 34.8 Å². The summed E-state index contributed by atoms with van der Waals surface area (Å²) >= 11 is 4.94. The minimum atomic E-state index is -1.20. The van der Waals surface area contributed by atoms with Crippen LogP contribution in [0.5, 0.6) is 0 Å². The first-order chi connectivity index (χ1) is 30.5. The summed E-state index contributed by atoms with van der Waals surface area (Å²) in [5, 5.41) is 39.8. The fourth-order valence-electron chi connectivity index (χ4n) is 11.4. The number of hydrogen-bond acceptors (Lipinski definition) is 9. The van der Waals surface area contributed by atoms with Gasteiger partial charge in [0.2, 0.25) is 0 Å². The minimum absolute atomic E-state index is 0.00895. The number of fused-ring (bicyclic) bond motifs is 12. The monoisotopic (exact) mass is 888 g/mol. The molecule has 6 nitrogen and oxygen atoms in total. The number of hydrogen-bond donors (Lipinski definition) is 0. The van der Waals surface area contributed by atoms with Gasteiger partial charge in [-0.05, 0) is 102 Å². The van der Waals surface area contributed by atoms with Gasteiger partial charge in [0.05, 0.1) is 9.58 Å². The number of nitrogens with zero attached hydrogens (tertiary/aromatic N) is 4. The Morgan fingerprint density at radius 3 is 1.56 bits per heavy atom. The zero-order chi connectivity index (χ0) is 43.7. The normalized spacial score (nSPS) is 19.8. The predicted octanol–water partition coefficient (Wildman–Crippen LogP) is 13.1. The van der Waals surface area contributed by atoms with Crippen molar-refractivity contribution in [1.29, 1.82) is 21.0 Å². The van der Waals surface area contributed by atoms with E-state index in [9.17, 15) is 48.2 Å². The van der Waals surface area contributed by atoms with Crippen LogP contribution in [0.15, 0.2) is 64.3 Å². The van der Waals surface area contributed by atoms with Gasteiger partial charge in [-0.25, -0.2) is 17.6 Å². The number of rotatable bonds is 2. The van der Waals surface area contributed by atoms with E-state index >= 15 is 0 Å². The quantitative estimate of drug-likeness (QED) is 0.0986. The third kappa shape index (κ3) is 5.28. The lowest BCUT2D eigenvalue weighted by Crippen LogP contribution is -2.35. The molecule has 6 aliphatic carbocycles. The maximum Gasteiger partial charge on any atom is 0.194 e. The number of benzene rings is 2. The lowest BCUT2D eigenvalue weighted by atomic mass is 9.61. The van der Waals surface area contributed by atoms with Crippen molar-refractivity contribution in [3.05, 3.63) is 136 Å². The zero-order valence-corrected chi connectivity index (χ0v) is 35.5. The van der Waals surface area contributed by atoms with Crippen LogP contribution in [-0.4, -0.2) is 11.6 Å². The van der Waals surface area contributed by atoms with Crippen molar-refractivity contribution in [1.82, 2.24) is 0 Å². The second kappa shape index (κ2) is 14.0. The molecule has 63 heavy (non-hydrogen) atoms. The van der Waals surface area contributed by atoms with Crippen molar-refractivity contribution >= 4 is 78.3 Å². The Balaban J connectivity index is 1.07. The van der Waals surface area contributed by atoms with Gasteiger partial charge >= 0.3 is 0 Å². The number of halogens is 4. The first kappa shape index (κ1) is 39.4. The summed E-state index contributed by atoms with van der Waals surface area (Å²) in [7, 11) is 0. The van der Waals surface area contributed by atoms with E-state index in [1.54, 1.807) is 34.8 Å². The lowest BCUT2D eigenvalue weighted by molar-refractivity contribution is 0.103. The van der Waals surface area contributed by atoms with Crippen LogP contribution in [0, 0.1) is 68.6 Å². The van der Waals surface area contributed by atoms with Gasteiger partial charge in [-0.2, -0.15) is 21.0 Å². The zero-order valence-electron chi connectivity index (χ0n) is 33.0. The molecule has 0 N–H and O–H groups in total. The Morgan fingerprint density at radius 1 is 0.556 bits per heavy atom. The van der Waals surface area contributed by atoms with E-state index in [1.165, 1.54) is 37.8 Å². The van der Waals surface area contributed by atoms with Crippen molar-refractivity contribution in [2.24, 2.45) is 0 Å². The lowest BCUT2D eigenvalue weighted by Gasteiger charge is -2.42. The van der Waals surface area contributed by atoms with Crippen LogP contribution in [0.3, 0.4) is 0 Å². The third-order valence-corrected chi connectivity index (χ3v) is 17.6. The molecule has 3 aromatic heterocycles. The van der Waals surface area contributed by atoms with E-state index in [0.29, 0.717) is 4.88 Å². The topological polar surface area (TPSA) is 129 Å². The molecule has 306 valence electrons. The van der Waals surface area contributed by atoms with Crippen LogP contribution in [-0.2, 0) is 10.8 Å². The van der Waals surface area contributed by atoms with Gasteiger partial charge in [0, 0.05) is 69.1 Å². The highest BCUT2D eigenvalue weighted by Gasteiger charge is 2.55. The summed E-state index contributed by atoms with van der Waals surface area (Å²) < 4.78 is 60.3. The first-order valence-corrected chi connectivity index (χ1v) is 23.0. The average Bonchev–Trinajstić information content (AvgIpc) is 4.13. The van der Waals surface area contributed by atoms with E-state index in [4.69, 9.17) is 0 Å². The second-order valence-corrected chi connectivity index (χ2v) is 20.1. The second-order valence-electron chi connectivity index (χ2n) is 16.9. The highest BCUT2D eigenvalue weighted by molar-refractivity contribution is 7.32. The summed E-state index contributed by atoms with van der Waals surface area (Å²) in [5.41, 5.74) is 3.18. The summed E-state index contributed by atoms with van der Waals surface area (Å²) in [6, 6.07) is 12.9. The number of thiophene rings is 3. The molecule has 3 heterocycles. The highest BCUT2D eigenvalue weighted by atomic mass is 32.1. The molecule has 0 bridgehead atoms. The van der Waals surface area contributed by atoms with Gasteiger partial charge in [-0.3, -0.25) is 9.59 Å². The van der Waals surface area contributed by atoms with Gasteiger partial charge in [-0.15, -0.1) is 34.0 Å². The van der Waals surface area contributed by atoms with Crippen LogP contribution in [0.1, 0.15) is 122 Å². The molecule has 0 aliphatic heterocycles. The van der Waals surface area contributed by atoms with Crippen molar-refractivity contribution in [2.75, 3.05) is 0 Å². The molecular formula is C50H28F4N4O2S3.